The average molecular weight is 436 g/mol. The van der Waals surface area contributed by atoms with E-state index in [-0.39, 0.29) is 18.2 Å². The third kappa shape index (κ3) is 3.66. The van der Waals surface area contributed by atoms with Gasteiger partial charge in [0.2, 0.25) is 0 Å². The first-order chi connectivity index (χ1) is 15.4. The van der Waals surface area contributed by atoms with Crippen LogP contribution >= 0.6 is 0 Å². The van der Waals surface area contributed by atoms with Gasteiger partial charge in [-0.2, -0.15) is 0 Å². The number of methoxy groups -OCH3 is 1. The number of amides is 1. The predicted octanol–water partition coefficient (Wildman–Crippen LogP) is 3.79. The van der Waals surface area contributed by atoms with E-state index in [0.29, 0.717) is 23.7 Å². The van der Waals surface area contributed by atoms with Crippen molar-refractivity contribution in [2.75, 3.05) is 7.11 Å². The third-order valence-electron chi connectivity index (χ3n) is 6.17. The second-order valence-corrected chi connectivity index (χ2v) is 8.44. The number of fused-ring (bicyclic) bond motifs is 1. The number of ether oxygens (including phenoxy) is 1. The lowest BCUT2D eigenvalue weighted by Crippen LogP contribution is -2.34. The van der Waals surface area contributed by atoms with E-state index in [4.69, 9.17) is 9.72 Å². The predicted molar refractivity (Wildman–Crippen MR) is 119 cm³/mol. The molecule has 0 saturated heterocycles. The second-order valence-electron chi connectivity index (χ2n) is 8.44. The summed E-state index contributed by atoms with van der Waals surface area (Å²) in [5.74, 6) is 0.146. The van der Waals surface area contributed by atoms with Gasteiger partial charge in [0.1, 0.15) is 11.3 Å². The van der Waals surface area contributed by atoms with Gasteiger partial charge in [0.15, 0.2) is 11.6 Å². The van der Waals surface area contributed by atoms with E-state index in [1.54, 1.807) is 18.3 Å². The van der Waals surface area contributed by atoms with Gasteiger partial charge >= 0.3 is 0 Å². The zero-order valence-electron chi connectivity index (χ0n) is 18.4. The number of aryl methyl sites for hydroxylation is 2. The van der Waals surface area contributed by atoms with Gasteiger partial charge in [-0.3, -0.25) is 14.2 Å². The molecule has 8 heteroatoms. The number of rotatable bonds is 7. The molecular weight excluding hydrogens is 409 g/mol. The summed E-state index contributed by atoms with van der Waals surface area (Å²) in [6.45, 7) is 2.37. The molecule has 1 N–H and O–H groups in total. The lowest BCUT2D eigenvalue weighted by molar-refractivity contribution is 0.0928. The highest BCUT2D eigenvalue weighted by molar-refractivity contribution is 5.92. The standard InChI is InChI=1S/C24H26FN5O2/c1-15-4-8-21(32-3)23(25)19(15)10-26-24(31)20-14-28(2)30(20)13-18-12-29-11-17(16-5-6-16)7-9-22(29)27-18/h4,7-9,11-12,14,16H,5-6,10,13H2,1-3H3,(H,26,31). The molecular formula is C24H26FN5O2. The van der Waals surface area contributed by atoms with Crippen LogP contribution in [-0.2, 0) is 20.1 Å². The van der Waals surface area contributed by atoms with Crippen LogP contribution in [0.2, 0.25) is 0 Å². The van der Waals surface area contributed by atoms with Crippen molar-refractivity contribution in [2.24, 2.45) is 7.05 Å². The Labute approximate surface area is 185 Å². The van der Waals surface area contributed by atoms with Crippen LogP contribution in [0.3, 0.4) is 0 Å². The Hall–Kier alpha value is -3.55. The monoisotopic (exact) mass is 435 g/mol. The van der Waals surface area contributed by atoms with Gasteiger partial charge in [0.05, 0.1) is 25.5 Å². The highest BCUT2D eigenvalue weighted by Crippen LogP contribution is 2.39. The van der Waals surface area contributed by atoms with Crippen LogP contribution in [-0.4, -0.2) is 31.8 Å². The van der Waals surface area contributed by atoms with Gasteiger partial charge in [0.25, 0.3) is 5.91 Å². The zero-order chi connectivity index (χ0) is 22.4. The number of imidazole rings is 1. The van der Waals surface area contributed by atoms with Crippen LogP contribution in [0.5, 0.6) is 5.75 Å². The summed E-state index contributed by atoms with van der Waals surface area (Å²) in [5.41, 5.74) is 4.82. The Morgan fingerprint density at radius 3 is 2.75 bits per heavy atom. The van der Waals surface area contributed by atoms with Crippen LogP contribution in [0.4, 0.5) is 4.39 Å². The van der Waals surface area contributed by atoms with E-state index < -0.39 is 5.82 Å². The Balaban J connectivity index is 1.31. The smallest absolute Gasteiger partial charge is 0.271 e. The van der Waals surface area contributed by atoms with Crippen molar-refractivity contribution in [3.63, 3.8) is 0 Å². The first-order valence-corrected chi connectivity index (χ1v) is 10.7. The lowest BCUT2D eigenvalue weighted by atomic mass is 10.1. The number of hydrogen-bond acceptors (Lipinski definition) is 3. The molecule has 0 aliphatic heterocycles. The normalized spacial score (nSPS) is 13.6. The summed E-state index contributed by atoms with van der Waals surface area (Å²) in [7, 11) is 3.30. The summed E-state index contributed by atoms with van der Waals surface area (Å²) >= 11 is 0. The number of pyridine rings is 1. The largest absolute Gasteiger partial charge is 0.494 e. The maximum atomic E-state index is 14.6. The molecule has 0 unspecified atom stereocenters. The number of nitrogens with one attached hydrogen (secondary N) is 1. The molecule has 1 aliphatic rings. The molecule has 166 valence electrons. The van der Waals surface area contributed by atoms with Crippen LogP contribution in [0.25, 0.3) is 5.65 Å². The van der Waals surface area contributed by atoms with Crippen molar-refractivity contribution in [1.29, 1.82) is 0 Å². The summed E-state index contributed by atoms with van der Waals surface area (Å²) < 4.78 is 25.4. The van der Waals surface area contributed by atoms with Gasteiger partial charge in [-0.05, 0) is 48.9 Å². The molecule has 5 rings (SSSR count). The molecule has 3 heterocycles. The van der Waals surface area contributed by atoms with Crippen molar-refractivity contribution < 1.29 is 13.9 Å². The number of carbonyl (C=O) groups excluding carboxylic acids is 1. The maximum absolute atomic E-state index is 14.6. The number of benzene rings is 1. The number of nitrogens with zero attached hydrogens (tertiary/aromatic N) is 4. The highest BCUT2D eigenvalue weighted by atomic mass is 19.1. The first kappa shape index (κ1) is 20.4. The zero-order valence-corrected chi connectivity index (χ0v) is 18.4. The molecule has 1 aromatic carbocycles. The minimum Gasteiger partial charge on any atom is -0.494 e. The molecule has 3 aromatic heterocycles. The minimum absolute atomic E-state index is 0.0842. The van der Waals surface area contributed by atoms with Gasteiger partial charge < -0.3 is 14.5 Å². The Bertz CT molecular complexity index is 1310. The number of hydrogen-bond donors (Lipinski definition) is 1. The van der Waals surface area contributed by atoms with Crippen molar-refractivity contribution in [2.45, 2.75) is 38.8 Å². The van der Waals surface area contributed by atoms with Crippen molar-refractivity contribution in [1.82, 2.24) is 24.1 Å². The first-order valence-electron chi connectivity index (χ1n) is 10.7. The molecule has 0 radical (unpaired) electrons. The Morgan fingerprint density at radius 2 is 2.03 bits per heavy atom. The van der Waals surface area contributed by atoms with Crippen molar-refractivity contribution in [3.05, 3.63) is 76.8 Å². The summed E-state index contributed by atoms with van der Waals surface area (Å²) in [6.07, 6.45) is 8.43. The fourth-order valence-corrected chi connectivity index (χ4v) is 4.08. The Kier molecular flexibility index (Phi) is 5.00. The Morgan fingerprint density at radius 1 is 1.22 bits per heavy atom. The quantitative estimate of drug-likeness (QED) is 0.480. The average Bonchev–Trinajstić information content (AvgIpc) is 3.55. The molecule has 1 amide bonds. The van der Waals surface area contributed by atoms with Crippen LogP contribution in [0.1, 0.15) is 51.6 Å². The van der Waals surface area contributed by atoms with Crippen LogP contribution < -0.4 is 10.1 Å². The lowest BCUT2D eigenvalue weighted by Gasteiger charge is -2.22. The number of aromatic nitrogens is 4. The fraction of sp³-hybridized carbons (Fsp3) is 0.333. The molecule has 0 spiro atoms. The highest BCUT2D eigenvalue weighted by Gasteiger charge is 2.24. The van der Waals surface area contributed by atoms with Crippen molar-refractivity contribution in [3.8, 4) is 5.75 Å². The third-order valence-corrected chi connectivity index (χ3v) is 6.17. The fourth-order valence-electron chi connectivity index (χ4n) is 4.08. The maximum Gasteiger partial charge on any atom is 0.271 e. The van der Waals surface area contributed by atoms with Crippen LogP contribution in [0, 0.1) is 12.7 Å². The SMILES string of the molecule is COc1ccc(C)c(CNC(=O)c2cn(C)n2Cc2cn3cc(C4CC4)ccc3n2)c1F. The van der Waals surface area contributed by atoms with Gasteiger partial charge in [0, 0.05) is 31.5 Å². The molecule has 1 saturated carbocycles. The molecule has 0 atom stereocenters. The van der Waals surface area contributed by atoms with Gasteiger partial charge in [-0.1, -0.05) is 12.1 Å². The van der Waals surface area contributed by atoms with Crippen LogP contribution in [0.15, 0.2) is 42.9 Å². The van der Waals surface area contributed by atoms with E-state index in [1.165, 1.54) is 25.5 Å². The van der Waals surface area contributed by atoms with E-state index in [2.05, 4.69) is 22.0 Å². The molecule has 4 aromatic rings. The summed E-state index contributed by atoms with van der Waals surface area (Å²) in [5, 5.41) is 2.83. The number of halogens is 1. The number of carbonyl (C=O) groups is 1. The van der Waals surface area contributed by atoms with Gasteiger partial charge in [-0.25, -0.2) is 9.37 Å². The molecule has 7 nitrogen and oxygen atoms in total. The summed E-state index contributed by atoms with van der Waals surface area (Å²) in [6, 6.07) is 7.57. The van der Waals surface area contributed by atoms with Crippen molar-refractivity contribution >= 4 is 11.6 Å². The van der Waals surface area contributed by atoms with E-state index in [0.717, 1.165) is 16.9 Å². The molecule has 32 heavy (non-hydrogen) atoms. The van der Waals surface area contributed by atoms with E-state index in [1.807, 2.05) is 35.6 Å². The molecule has 1 aliphatic carbocycles. The summed E-state index contributed by atoms with van der Waals surface area (Å²) in [4.78, 5) is 17.5. The van der Waals surface area contributed by atoms with Gasteiger partial charge in [-0.15, -0.1) is 0 Å². The minimum atomic E-state index is -0.445. The molecule has 0 bridgehead atoms. The van der Waals surface area contributed by atoms with E-state index in [9.17, 15) is 9.18 Å². The second kappa shape index (κ2) is 7.85. The molecule has 1 fully saturated rings. The topological polar surface area (TPSA) is 65.5 Å². The van der Waals surface area contributed by atoms with E-state index >= 15 is 0 Å².